The van der Waals surface area contributed by atoms with Crippen molar-refractivity contribution in [2.45, 2.75) is 44.3 Å². The summed E-state index contributed by atoms with van der Waals surface area (Å²) in [6.07, 6.45) is -0.380. The van der Waals surface area contributed by atoms with Crippen LogP contribution >= 0.6 is 0 Å². The first-order valence-corrected chi connectivity index (χ1v) is 8.11. The Labute approximate surface area is 116 Å². The maximum Gasteiger partial charge on any atom is 0.218 e. The van der Waals surface area contributed by atoms with Crippen molar-refractivity contribution in [2.24, 2.45) is 0 Å². The average Bonchev–Trinajstić information content (AvgIpc) is 2.79. The molecule has 1 aliphatic rings. The van der Waals surface area contributed by atoms with E-state index in [9.17, 15) is 8.42 Å². The molecule has 19 heavy (non-hydrogen) atoms. The van der Waals surface area contributed by atoms with E-state index < -0.39 is 15.3 Å². The van der Waals surface area contributed by atoms with Crippen molar-refractivity contribution in [3.05, 3.63) is 0 Å². The predicted octanol–water partition coefficient (Wildman–Crippen LogP) is 0.0483. The Morgan fingerprint density at radius 1 is 1.16 bits per heavy atom. The lowest BCUT2D eigenvalue weighted by Gasteiger charge is -2.22. The van der Waals surface area contributed by atoms with E-state index >= 15 is 0 Å². The van der Waals surface area contributed by atoms with Crippen LogP contribution in [0.1, 0.15) is 20.8 Å². The molecule has 1 heterocycles. The lowest BCUT2D eigenvalue weighted by molar-refractivity contribution is -0.00461. The Kier molecular flexibility index (Phi) is 6.19. The molecule has 6 nitrogen and oxygen atoms in total. The Hall–Kier alpha value is -0.210. The summed E-state index contributed by atoms with van der Waals surface area (Å²) in [5.74, 6) is 0. The summed E-state index contributed by atoms with van der Waals surface area (Å²) >= 11 is 0. The minimum atomic E-state index is -3.31. The van der Waals surface area contributed by atoms with Crippen LogP contribution in [-0.4, -0.2) is 70.1 Å². The molecule has 0 spiro atoms. The van der Waals surface area contributed by atoms with Crippen molar-refractivity contribution in [3.8, 4) is 0 Å². The van der Waals surface area contributed by atoms with Crippen molar-refractivity contribution in [1.29, 1.82) is 0 Å². The topological polar surface area (TPSA) is 67.9 Å². The third-order valence-electron chi connectivity index (χ3n) is 3.47. The zero-order valence-electron chi connectivity index (χ0n) is 12.4. The van der Waals surface area contributed by atoms with Crippen molar-refractivity contribution in [1.82, 2.24) is 9.62 Å². The fourth-order valence-corrected chi connectivity index (χ4v) is 3.66. The average molecular weight is 294 g/mol. The van der Waals surface area contributed by atoms with Crippen molar-refractivity contribution < 1.29 is 17.9 Å². The molecule has 3 atom stereocenters. The number of hydrogen-bond donors (Lipinski definition) is 1. The second kappa shape index (κ2) is 6.99. The van der Waals surface area contributed by atoms with Gasteiger partial charge in [-0.3, -0.25) is 0 Å². The molecule has 0 aromatic rings. The van der Waals surface area contributed by atoms with Crippen LogP contribution < -0.4 is 5.32 Å². The summed E-state index contributed by atoms with van der Waals surface area (Å²) in [6, 6.07) is 0.273. The number of hydrogen-bond acceptors (Lipinski definition) is 5. The van der Waals surface area contributed by atoms with Crippen molar-refractivity contribution in [2.75, 3.05) is 33.9 Å². The summed E-state index contributed by atoms with van der Waals surface area (Å²) < 4.78 is 36.9. The molecule has 1 saturated heterocycles. The van der Waals surface area contributed by atoms with E-state index in [4.69, 9.17) is 9.47 Å². The molecule has 0 bridgehead atoms. The van der Waals surface area contributed by atoms with Crippen LogP contribution in [0.5, 0.6) is 0 Å². The molecule has 0 aliphatic carbocycles. The van der Waals surface area contributed by atoms with Gasteiger partial charge in [0.1, 0.15) is 0 Å². The second-order valence-corrected chi connectivity index (χ2v) is 7.63. The van der Waals surface area contributed by atoms with Gasteiger partial charge in [0.2, 0.25) is 10.0 Å². The minimum absolute atomic E-state index is 0.190. The molecular weight excluding hydrogens is 268 g/mol. The van der Waals surface area contributed by atoms with Gasteiger partial charge in [-0.1, -0.05) is 13.8 Å². The highest BCUT2D eigenvalue weighted by Crippen LogP contribution is 2.21. The molecule has 0 radical (unpaired) electrons. The number of nitrogens with one attached hydrogen (secondary N) is 1. The van der Waals surface area contributed by atoms with E-state index in [1.807, 2.05) is 13.8 Å². The molecule has 1 fully saturated rings. The quantitative estimate of drug-likeness (QED) is 0.718. The van der Waals surface area contributed by atoms with E-state index in [0.29, 0.717) is 19.6 Å². The van der Waals surface area contributed by atoms with Gasteiger partial charge >= 0.3 is 0 Å². The lowest BCUT2D eigenvalue weighted by Crippen LogP contribution is -2.42. The summed E-state index contributed by atoms with van der Waals surface area (Å²) in [5.41, 5.74) is 0. The lowest BCUT2D eigenvalue weighted by atomic mass is 10.3. The molecule has 114 valence electrons. The smallest absolute Gasteiger partial charge is 0.218 e. The summed E-state index contributed by atoms with van der Waals surface area (Å²) in [4.78, 5) is 0. The van der Waals surface area contributed by atoms with Crippen LogP contribution in [0.3, 0.4) is 0 Å². The van der Waals surface area contributed by atoms with Crippen LogP contribution in [0.25, 0.3) is 0 Å². The molecule has 1 rings (SSSR count). The van der Waals surface area contributed by atoms with Crippen LogP contribution in [-0.2, 0) is 19.5 Å². The normalized spacial score (nSPS) is 27.1. The predicted molar refractivity (Wildman–Crippen MR) is 74.7 cm³/mol. The van der Waals surface area contributed by atoms with Gasteiger partial charge in [0.05, 0.1) is 17.5 Å². The van der Waals surface area contributed by atoms with Gasteiger partial charge in [-0.05, 0) is 6.92 Å². The number of rotatable bonds is 7. The fraction of sp³-hybridized carbons (Fsp3) is 1.00. The van der Waals surface area contributed by atoms with Crippen LogP contribution in [0.4, 0.5) is 0 Å². The van der Waals surface area contributed by atoms with Crippen LogP contribution in [0.2, 0.25) is 0 Å². The molecule has 1 aliphatic heterocycles. The van der Waals surface area contributed by atoms with Gasteiger partial charge in [0, 0.05) is 39.9 Å². The Bertz CT molecular complexity index is 360. The Morgan fingerprint density at radius 2 is 1.63 bits per heavy atom. The zero-order chi connectivity index (χ0) is 14.6. The standard InChI is InChI=1S/C12H26N2O4S/c1-9(2)13-6-10(3)19(15,16)14-7-11(17-4)12(8-14)18-5/h9-13H,6-8H2,1-5H3. The van der Waals surface area contributed by atoms with Gasteiger partial charge in [0.15, 0.2) is 0 Å². The number of sulfonamides is 1. The van der Waals surface area contributed by atoms with Crippen LogP contribution in [0, 0.1) is 0 Å². The molecule has 0 aromatic heterocycles. The second-order valence-electron chi connectivity index (χ2n) is 5.28. The molecule has 7 heteroatoms. The molecule has 0 aromatic carbocycles. The van der Waals surface area contributed by atoms with Gasteiger partial charge < -0.3 is 14.8 Å². The van der Waals surface area contributed by atoms with Crippen molar-refractivity contribution in [3.63, 3.8) is 0 Å². The fourth-order valence-electron chi connectivity index (χ4n) is 2.13. The summed E-state index contributed by atoms with van der Waals surface area (Å²) in [5, 5.41) is 2.70. The number of nitrogens with zero attached hydrogens (tertiary/aromatic N) is 1. The third-order valence-corrected chi connectivity index (χ3v) is 5.67. The van der Waals surface area contributed by atoms with E-state index in [-0.39, 0.29) is 18.2 Å². The molecule has 1 N–H and O–H groups in total. The Morgan fingerprint density at radius 3 is 2.00 bits per heavy atom. The van der Waals surface area contributed by atoms with E-state index in [1.54, 1.807) is 21.1 Å². The van der Waals surface area contributed by atoms with Crippen molar-refractivity contribution >= 4 is 10.0 Å². The number of methoxy groups -OCH3 is 2. The van der Waals surface area contributed by atoms with Crippen LogP contribution in [0.15, 0.2) is 0 Å². The van der Waals surface area contributed by atoms with Gasteiger partial charge in [-0.15, -0.1) is 0 Å². The monoisotopic (exact) mass is 294 g/mol. The molecular formula is C12H26N2O4S. The third kappa shape index (κ3) is 4.13. The van der Waals surface area contributed by atoms with E-state index in [0.717, 1.165) is 0 Å². The Balaban J connectivity index is 2.68. The van der Waals surface area contributed by atoms with E-state index in [1.165, 1.54) is 4.31 Å². The first kappa shape index (κ1) is 16.8. The molecule has 0 saturated carbocycles. The largest absolute Gasteiger partial charge is 0.377 e. The maximum atomic E-state index is 12.4. The number of ether oxygens (including phenoxy) is 2. The first-order valence-electron chi connectivity index (χ1n) is 6.60. The molecule has 3 unspecified atom stereocenters. The maximum absolute atomic E-state index is 12.4. The minimum Gasteiger partial charge on any atom is -0.377 e. The summed E-state index contributed by atoms with van der Waals surface area (Å²) in [7, 11) is -0.150. The highest BCUT2D eigenvalue weighted by atomic mass is 32.2. The SMILES string of the molecule is COC1CN(S(=O)(=O)C(C)CNC(C)C)CC1OC. The van der Waals surface area contributed by atoms with E-state index in [2.05, 4.69) is 5.32 Å². The van der Waals surface area contributed by atoms with Gasteiger partial charge in [0.25, 0.3) is 0 Å². The summed E-state index contributed by atoms with van der Waals surface area (Å²) in [6.45, 7) is 6.90. The first-order chi connectivity index (χ1) is 8.82. The van der Waals surface area contributed by atoms with Gasteiger partial charge in [-0.25, -0.2) is 8.42 Å². The van der Waals surface area contributed by atoms with Gasteiger partial charge in [-0.2, -0.15) is 4.31 Å². The highest BCUT2D eigenvalue weighted by molar-refractivity contribution is 7.89. The molecule has 0 amide bonds. The zero-order valence-corrected chi connectivity index (χ0v) is 13.2. The highest BCUT2D eigenvalue weighted by Gasteiger charge is 2.41.